The summed E-state index contributed by atoms with van der Waals surface area (Å²) in [5.41, 5.74) is 1.17. The second-order valence-electron chi connectivity index (χ2n) is 5.74. The van der Waals surface area contributed by atoms with Crippen LogP contribution < -0.4 is 5.32 Å². The number of methoxy groups -OCH3 is 1. The minimum Gasteiger partial charge on any atom is -0.375 e. The van der Waals surface area contributed by atoms with E-state index in [1.807, 2.05) is 24.3 Å². The molecule has 1 heterocycles. The van der Waals surface area contributed by atoms with E-state index in [2.05, 4.69) is 24.2 Å². The van der Waals surface area contributed by atoms with Crippen molar-refractivity contribution in [3.05, 3.63) is 34.9 Å². The summed E-state index contributed by atoms with van der Waals surface area (Å²) in [7, 11) is 3.96. The van der Waals surface area contributed by atoms with Gasteiger partial charge in [-0.3, -0.25) is 0 Å². The molecule has 0 radical (unpaired) electrons. The van der Waals surface area contributed by atoms with E-state index in [0.717, 1.165) is 5.02 Å². The number of rotatable bonds is 5. The van der Waals surface area contributed by atoms with Gasteiger partial charge in [-0.2, -0.15) is 0 Å². The predicted molar refractivity (Wildman–Crippen MR) is 84.3 cm³/mol. The Bertz CT molecular complexity index is 401. The van der Waals surface area contributed by atoms with E-state index in [0.29, 0.717) is 6.04 Å². The zero-order valence-corrected chi connectivity index (χ0v) is 13.4. The van der Waals surface area contributed by atoms with Gasteiger partial charge in [0.15, 0.2) is 0 Å². The molecule has 1 N–H and O–H groups in total. The van der Waals surface area contributed by atoms with Gasteiger partial charge in [-0.05, 0) is 57.6 Å². The Kier molecular flexibility index (Phi) is 5.85. The van der Waals surface area contributed by atoms with Crippen molar-refractivity contribution in [1.29, 1.82) is 0 Å². The molecule has 0 aliphatic carbocycles. The molecule has 0 spiro atoms. The van der Waals surface area contributed by atoms with E-state index in [1.165, 1.54) is 31.5 Å². The van der Waals surface area contributed by atoms with Crippen LogP contribution in [-0.4, -0.2) is 44.2 Å². The Hall–Kier alpha value is -0.610. The van der Waals surface area contributed by atoms with Gasteiger partial charge in [0, 0.05) is 24.2 Å². The number of hydrogen-bond donors (Lipinski definition) is 1. The molecule has 1 aliphatic heterocycles. The lowest BCUT2D eigenvalue weighted by Crippen LogP contribution is -2.46. The van der Waals surface area contributed by atoms with E-state index < -0.39 is 0 Å². The smallest absolute Gasteiger partial charge is 0.0971 e. The molecule has 0 aromatic heterocycles. The van der Waals surface area contributed by atoms with Gasteiger partial charge in [0.05, 0.1) is 6.10 Å². The molecule has 112 valence electrons. The Morgan fingerprint density at radius 2 is 1.85 bits per heavy atom. The van der Waals surface area contributed by atoms with Crippen molar-refractivity contribution < 1.29 is 4.74 Å². The molecule has 1 aromatic rings. The maximum Gasteiger partial charge on any atom is 0.0971 e. The van der Waals surface area contributed by atoms with Gasteiger partial charge >= 0.3 is 0 Å². The normalized spacial score (nSPS) is 20.8. The number of benzene rings is 1. The molecule has 4 heteroatoms. The topological polar surface area (TPSA) is 24.5 Å². The standard InChI is InChI=1S/C16H25ClN2O/c1-12(18-15-8-10-19(2)11-9-15)16(20-3)13-4-6-14(17)7-5-13/h4-7,12,15-16,18H,8-11H2,1-3H3/t12-,16-/m0/s1. The highest BCUT2D eigenvalue weighted by atomic mass is 35.5. The summed E-state index contributed by atoms with van der Waals surface area (Å²) in [6.07, 6.45) is 2.47. The highest BCUT2D eigenvalue weighted by molar-refractivity contribution is 6.30. The van der Waals surface area contributed by atoms with Gasteiger partial charge in [0.1, 0.15) is 0 Å². The number of halogens is 1. The van der Waals surface area contributed by atoms with Crippen LogP contribution >= 0.6 is 11.6 Å². The lowest BCUT2D eigenvalue weighted by molar-refractivity contribution is 0.0651. The van der Waals surface area contributed by atoms with Crippen molar-refractivity contribution in [2.45, 2.75) is 38.0 Å². The molecule has 2 atom stereocenters. The fourth-order valence-electron chi connectivity index (χ4n) is 2.92. The van der Waals surface area contributed by atoms with Crippen molar-refractivity contribution in [2.75, 3.05) is 27.2 Å². The molecular weight excluding hydrogens is 272 g/mol. The third kappa shape index (κ3) is 4.19. The number of piperidine rings is 1. The zero-order valence-electron chi connectivity index (χ0n) is 12.6. The highest BCUT2D eigenvalue weighted by Crippen LogP contribution is 2.23. The fourth-order valence-corrected chi connectivity index (χ4v) is 3.04. The van der Waals surface area contributed by atoms with Crippen LogP contribution in [0.5, 0.6) is 0 Å². The van der Waals surface area contributed by atoms with Crippen LogP contribution in [0.4, 0.5) is 0 Å². The van der Waals surface area contributed by atoms with Crippen molar-refractivity contribution >= 4 is 11.6 Å². The van der Waals surface area contributed by atoms with Crippen LogP contribution in [0.3, 0.4) is 0 Å². The number of nitrogens with one attached hydrogen (secondary N) is 1. The Morgan fingerprint density at radius 1 is 1.25 bits per heavy atom. The van der Waals surface area contributed by atoms with E-state index >= 15 is 0 Å². The first-order valence-electron chi connectivity index (χ1n) is 7.33. The Labute approximate surface area is 127 Å². The first kappa shape index (κ1) is 15.8. The average Bonchev–Trinajstić information content (AvgIpc) is 2.44. The minimum absolute atomic E-state index is 0.0620. The highest BCUT2D eigenvalue weighted by Gasteiger charge is 2.23. The first-order valence-corrected chi connectivity index (χ1v) is 7.71. The van der Waals surface area contributed by atoms with Gasteiger partial charge in [0.25, 0.3) is 0 Å². The molecule has 2 rings (SSSR count). The van der Waals surface area contributed by atoms with Gasteiger partial charge in [-0.15, -0.1) is 0 Å². The van der Waals surface area contributed by atoms with E-state index in [4.69, 9.17) is 16.3 Å². The molecule has 1 aromatic carbocycles. The van der Waals surface area contributed by atoms with Crippen molar-refractivity contribution in [1.82, 2.24) is 10.2 Å². The molecule has 3 nitrogen and oxygen atoms in total. The predicted octanol–water partition coefficient (Wildman–Crippen LogP) is 3.10. The van der Waals surface area contributed by atoms with Crippen molar-refractivity contribution in [2.24, 2.45) is 0 Å². The molecule has 1 fully saturated rings. The van der Waals surface area contributed by atoms with Gasteiger partial charge in [-0.1, -0.05) is 23.7 Å². The molecule has 1 aliphatic rings. The van der Waals surface area contributed by atoms with Crippen LogP contribution in [-0.2, 0) is 4.74 Å². The van der Waals surface area contributed by atoms with Crippen LogP contribution in [0.1, 0.15) is 31.4 Å². The summed E-state index contributed by atoms with van der Waals surface area (Å²) >= 11 is 5.95. The van der Waals surface area contributed by atoms with Crippen LogP contribution in [0.15, 0.2) is 24.3 Å². The third-order valence-corrected chi connectivity index (χ3v) is 4.38. The molecule has 0 unspecified atom stereocenters. The lowest BCUT2D eigenvalue weighted by Gasteiger charge is -2.34. The molecule has 0 saturated carbocycles. The number of nitrogens with zero attached hydrogens (tertiary/aromatic N) is 1. The molecule has 0 bridgehead atoms. The quantitative estimate of drug-likeness (QED) is 0.903. The van der Waals surface area contributed by atoms with E-state index in [9.17, 15) is 0 Å². The van der Waals surface area contributed by atoms with Crippen molar-refractivity contribution in [3.63, 3.8) is 0 Å². The summed E-state index contributed by atoms with van der Waals surface area (Å²) in [5.74, 6) is 0. The molecule has 1 saturated heterocycles. The maximum absolute atomic E-state index is 5.95. The van der Waals surface area contributed by atoms with Crippen LogP contribution in [0.2, 0.25) is 5.02 Å². The van der Waals surface area contributed by atoms with Gasteiger partial charge in [0.2, 0.25) is 0 Å². The van der Waals surface area contributed by atoms with Crippen LogP contribution in [0, 0.1) is 0 Å². The summed E-state index contributed by atoms with van der Waals surface area (Å²) < 4.78 is 5.68. The Morgan fingerprint density at radius 3 is 2.40 bits per heavy atom. The molecule has 0 amide bonds. The summed E-state index contributed by atoms with van der Waals surface area (Å²) in [5, 5.41) is 4.48. The molecule has 20 heavy (non-hydrogen) atoms. The second kappa shape index (κ2) is 7.41. The number of hydrogen-bond acceptors (Lipinski definition) is 3. The monoisotopic (exact) mass is 296 g/mol. The number of likely N-dealkylation sites (tertiary alicyclic amines) is 1. The third-order valence-electron chi connectivity index (χ3n) is 4.12. The second-order valence-corrected chi connectivity index (χ2v) is 6.18. The average molecular weight is 297 g/mol. The fraction of sp³-hybridized carbons (Fsp3) is 0.625. The summed E-state index contributed by atoms with van der Waals surface area (Å²) in [6.45, 7) is 4.53. The van der Waals surface area contributed by atoms with Gasteiger partial charge < -0.3 is 15.0 Å². The van der Waals surface area contributed by atoms with E-state index in [1.54, 1.807) is 7.11 Å². The summed E-state index contributed by atoms with van der Waals surface area (Å²) in [6, 6.07) is 8.81. The Balaban J connectivity index is 1.95. The van der Waals surface area contributed by atoms with Gasteiger partial charge in [-0.25, -0.2) is 0 Å². The zero-order chi connectivity index (χ0) is 14.5. The van der Waals surface area contributed by atoms with E-state index in [-0.39, 0.29) is 12.1 Å². The minimum atomic E-state index is 0.0620. The SMILES string of the molecule is CO[C@H](c1ccc(Cl)cc1)[C@H](C)NC1CCN(C)CC1. The van der Waals surface area contributed by atoms with Crippen LogP contribution in [0.25, 0.3) is 0 Å². The number of ether oxygens (including phenoxy) is 1. The van der Waals surface area contributed by atoms with Crippen molar-refractivity contribution in [3.8, 4) is 0 Å². The summed E-state index contributed by atoms with van der Waals surface area (Å²) in [4.78, 5) is 2.38. The molecular formula is C16H25ClN2O. The maximum atomic E-state index is 5.95. The first-order chi connectivity index (χ1) is 9.60. The largest absolute Gasteiger partial charge is 0.375 e. The lowest BCUT2D eigenvalue weighted by atomic mass is 9.99.